The van der Waals surface area contributed by atoms with E-state index in [1.54, 1.807) is 11.3 Å². The number of fused-ring (bicyclic) bond motifs is 1. The molecule has 2 fully saturated rings. The fourth-order valence-electron chi connectivity index (χ4n) is 3.60. The van der Waals surface area contributed by atoms with E-state index in [1.807, 2.05) is 0 Å². The van der Waals surface area contributed by atoms with Crippen molar-refractivity contribution in [3.8, 4) is 0 Å². The lowest BCUT2D eigenvalue weighted by atomic mass is 9.85. The second kappa shape index (κ2) is 6.33. The van der Waals surface area contributed by atoms with Gasteiger partial charge in [0.1, 0.15) is 0 Å². The number of rotatable bonds is 5. The molecule has 3 atom stereocenters. The van der Waals surface area contributed by atoms with Gasteiger partial charge >= 0.3 is 0 Å². The zero-order valence-corrected chi connectivity index (χ0v) is 12.6. The van der Waals surface area contributed by atoms with Gasteiger partial charge in [0.25, 0.3) is 0 Å². The van der Waals surface area contributed by atoms with Crippen LogP contribution in [0.2, 0.25) is 0 Å². The Morgan fingerprint density at radius 1 is 1.42 bits per heavy atom. The Bertz CT molecular complexity index is 390. The smallest absolute Gasteiger partial charge is 0.0897 e. The number of aryl methyl sites for hydroxylation is 1. The largest absolute Gasteiger partial charge is 0.315 e. The molecule has 2 heterocycles. The van der Waals surface area contributed by atoms with Crippen LogP contribution in [0.25, 0.3) is 0 Å². The molecule has 4 heteroatoms. The molecular weight excluding hydrogens is 254 g/mol. The zero-order chi connectivity index (χ0) is 13.1. The third kappa shape index (κ3) is 3.56. The molecule has 1 saturated carbocycles. The van der Waals surface area contributed by atoms with Crippen molar-refractivity contribution in [2.45, 2.75) is 57.5 Å². The van der Waals surface area contributed by atoms with Crippen molar-refractivity contribution in [1.82, 2.24) is 15.6 Å². The molecule has 0 amide bonds. The van der Waals surface area contributed by atoms with E-state index < -0.39 is 0 Å². The van der Waals surface area contributed by atoms with Crippen LogP contribution in [0.3, 0.4) is 0 Å². The maximum atomic E-state index is 4.50. The quantitative estimate of drug-likeness (QED) is 0.813. The number of hydrogen-bond acceptors (Lipinski definition) is 4. The van der Waals surface area contributed by atoms with E-state index >= 15 is 0 Å². The Morgan fingerprint density at radius 3 is 3.11 bits per heavy atom. The summed E-state index contributed by atoms with van der Waals surface area (Å²) in [5.74, 6) is 0.960. The number of nitrogens with one attached hydrogen (secondary N) is 2. The Balaban J connectivity index is 1.34. The normalized spacial score (nSPS) is 30.5. The van der Waals surface area contributed by atoms with E-state index in [1.165, 1.54) is 42.8 Å². The molecule has 19 heavy (non-hydrogen) atoms. The summed E-state index contributed by atoms with van der Waals surface area (Å²) in [4.78, 5) is 4.50. The highest BCUT2D eigenvalue weighted by atomic mass is 32.1. The SMILES string of the molecule is Cc1nc(CCNCC2CC3CCCCC3N2)cs1. The van der Waals surface area contributed by atoms with E-state index in [-0.39, 0.29) is 0 Å². The lowest BCUT2D eigenvalue weighted by Crippen LogP contribution is -2.39. The van der Waals surface area contributed by atoms with E-state index in [9.17, 15) is 0 Å². The molecule has 1 aliphatic heterocycles. The molecule has 0 spiro atoms. The average Bonchev–Trinajstić information content (AvgIpc) is 3.00. The van der Waals surface area contributed by atoms with Crippen molar-refractivity contribution in [2.75, 3.05) is 13.1 Å². The fourth-order valence-corrected chi connectivity index (χ4v) is 4.25. The van der Waals surface area contributed by atoms with Crippen molar-refractivity contribution in [2.24, 2.45) is 5.92 Å². The highest BCUT2D eigenvalue weighted by Gasteiger charge is 2.34. The van der Waals surface area contributed by atoms with Crippen LogP contribution in [-0.2, 0) is 6.42 Å². The Morgan fingerprint density at radius 2 is 2.32 bits per heavy atom. The lowest BCUT2D eigenvalue weighted by molar-refractivity contribution is 0.325. The Kier molecular flexibility index (Phi) is 4.51. The predicted molar refractivity (Wildman–Crippen MR) is 80.7 cm³/mol. The first kappa shape index (κ1) is 13.5. The second-order valence-electron chi connectivity index (χ2n) is 6.06. The number of thiazole rings is 1. The van der Waals surface area contributed by atoms with Gasteiger partial charge in [0.05, 0.1) is 10.7 Å². The lowest BCUT2D eigenvalue weighted by Gasteiger charge is -2.24. The fraction of sp³-hybridized carbons (Fsp3) is 0.800. The average molecular weight is 279 g/mol. The van der Waals surface area contributed by atoms with Crippen molar-refractivity contribution in [1.29, 1.82) is 0 Å². The summed E-state index contributed by atoms with van der Waals surface area (Å²) in [6.45, 7) is 4.25. The molecule has 3 nitrogen and oxygen atoms in total. The van der Waals surface area contributed by atoms with Gasteiger partial charge in [-0.3, -0.25) is 0 Å². The van der Waals surface area contributed by atoms with Crippen molar-refractivity contribution >= 4 is 11.3 Å². The summed E-state index contributed by atoms with van der Waals surface area (Å²) in [6.07, 6.45) is 8.17. The Hall–Kier alpha value is -0.450. The zero-order valence-electron chi connectivity index (χ0n) is 11.8. The summed E-state index contributed by atoms with van der Waals surface area (Å²) in [7, 11) is 0. The number of hydrogen-bond donors (Lipinski definition) is 2. The molecule has 0 radical (unpaired) electrons. The van der Waals surface area contributed by atoms with Crippen LogP contribution in [0.5, 0.6) is 0 Å². The molecule has 2 aliphatic rings. The Labute approximate surface area is 120 Å². The highest BCUT2D eigenvalue weighted by molar-refractivity contribution is 7.09. The number of aromatic nitrogens is 1. The topological polar surface area (TPSA) is 37.0 Å². The molecule has 2 N–H and O–H groups in total. The highest BCUT2D eigenvalue weighted by Crippen LogP contribution is 2.32. The van der Waals surface area contributed by atoms with Gasteiger partial charge in [-0.1, -0.05) is 12.8 Å². The van der Waals surface area contributed by atoms with Gasteiger partial charge in [0.2, 0.25) is 0 Å². The minimum atomic E-state index is 0.699. The third-order valence-corrected chi connectivity index (χ3v) is 5.38. The molecule has 3 rings (SSSR count). The van der Waals surface area contributed by atoms with E-state index in [2.05, 4.69) is 27.9 Å². The maximum Gasteiger partial charge on any atom is 0.0897 e. The summed E-state index contributed by atoms with van der Waals surface area (Å²) in [6, 6.07) is 1.52. The van der Waals surface area contributed by atoms with E-state index in [0.29, 0.717) is 6.04 Å². The van der Waals surface area contributed by atoms with Gasteiger partial charge < -0.3 is 10.6 Å². The molecule has 1 saturated heterocycles. The predicted octanol–water partition coefficient (Wildman–Crippen LogP) is 2.50. The van der Waals surface area contributed by atoms with Gasteiger partial charge in [-0.05, 0) is 32.1 Å². The monoisotopic (exact) mass is 279 g/mol. The molecule has 106 valence electrons. The van der Waals surface area contributed by atoms with Crippen LogP contribution < -0.4 is 10.6 Å². The molecule has 1 aromatic rings. The van der Waals surface area contributed by atoms with Crippen LogP contribution in [0.15, 0.2) is 5.38 Å². The molecule has 1 aliphatic carbocycles. The molecule has 0 aromatic carbocycles. The van der Waals surface area contributed by atoms with Gasteiger partial charge in [0, 0.05) is 37.0 Å². The van der Waals surface area contributed by atoms with Crippen molar-refractivity contribution in [3.05, 3.63) is 16.1 Å². The van der Waals surface area contributed by atoms with Gasteiger partial charge in [-0.2, -0.15) is 0 Å². The van der Waals surface area contributed by atoms with Crippen LogP contribution in [0.1, 0.15) is 42.8 Å². The number of nitrogens with zero attached hydrogens (tertiary/aromatic N) is 1. The summed E-state index contributed by atoms with van der Waals surface area (Å²) in [5, 5.41) is 10.8. The van der Waals surface area contributed by atoms with Gasteiger partial charge in [-0.15, -0.1) is 11.3 Å². The minimum Gasteiger partial charge on any atom is -0.315 e. The molecule has 3 unspecified atom stereocenters. The first-order valence-corrected chi connectivity index (χ1v) is 8.57. The molecule has 1 aromatic heterocycles. The summed E-state index contributed by atoms with van der Waals surface area (Å²) in [5.41, 5.74) is 1.24. The van der Waals surface area contributed by atoms with Gasteiger partial charge in [-0.25, -0.2) is 4.98 Å². The van der Waals surface area contributed by atoms with Crippen LogP contribution in [-0.4, -0.2) is 30.2 Å². The van der Waals surface area contributed by atoms with Crippen LogP contribution in [0, 0.1) is 12.8 Å². The van der Waals surface area contributed by atoms with E-state index in [4.69, 9.17) is 0 Å². The maximum absolute atomic E-state index is 4.50. The minimum absolute atomic E-state index is 0.699. The second-order valence-corrected chi connectivity index (χ2v) is 7.12. The van der Waals surface area contributed by atoms with Crippen molar-refractivity contribution in [3.63, 3.8) is 0 Å². The molecule has 0 bridgehead atoms. The van der Waals surface area contributed by atoms with Gasteiger partial charge in [0.15, 0.2) is 0 Å². The standard InChI is InChI=1S/C15H25N3S/c1-11-17-13(10-19-11)6-7-16-9-14-8-12-4-2-3-5-15(12)18-14/h10,12,14-16,18H,2-9H2,1H3. The third-order valence-electron chi connectivity index (χ3n) is 4.56. The summed E-state index contributed by atoms with van der Waals surface area (Å²) >= 11 is 1.75. The van der Waals surface area contributed by atoms with Crippen LogP contribution in [0.4, 0.5) is 0 Å². The first-order chi connectivity index (χ1) is 9.31. The van der Waals surface area contributed by atoms with Crippen molar-refractivity contribution < 1.29 is 0 Å². The summed E-state index contributed by atoms with van der Waals surface area (Å²) < 4.78 is 0. The first-order valence-electron chi connectivity index (χ1n) is 7.69. The van der Waals surface area contributed by atoms with Crippen LogP contribution >= 0.6 is 11.3 Å². The molecular formula is C15H25N3S. The van der Waals surface area contributed by atoms with E-state index in [0.717, 1.165) is 31.5 Å².